The van der Waals surface area contributed by atoms with Crippen LogP contribution in [0.4, 0.5) is 4.39 Å². The number of halogens is 1. The zero-order chi connectivity index (χ0) is 12.1. The Labute approximate surface area is 102 Å². The molecule has 1 aromatic rings. The lowest BCUT2D eigenvalue weighted by Crippen LogP contribution is -2.42. The number of nitrogens with zero attached hydrogens (tertiary/aromatic N) is 1. The van der Waals surface area contributed by atoms with Crippen molar-refractivity contribution >= 4 is 0 Å². The zero-order valence-corrected chi connectivity index (χ0v) is 10.1. The number of benzene rings is 1. The Morgan fingerprint density at radius 1 is 1.24 bits per heavy atom. The molecule has 1 aliphatic heterocycles. The highest BCUT2D eigenvalue weighted by atomic mass is 19.1. The Balaban J connectivity index is 1.86. The minimum absolute atomic E-state index is 0.181. The second-order valence-corrected chi connectivity index (χ2v) is 4.74. The van der Waals surface area contributed by atoms with Crippen molar-refractivity contribution in [2.75, 3.05) is 19.7 Å². The second kappa shape index (κ2) is 6.12. The van der Waals surface area contributed by atoms with Crippen molar-refractivity contribution in [3.8, 4) is 0 Å². The fourth-order valence-corrected chi connectivity index (χ4v) is 2.48. The third-order valence-electron chi connectivity index (χ3n) is 3.56. The Bertz CT molecular complexity index is 339. The predicted molar refractivity (Wildman–Crippen MR) is 66.4 cm³/mol. The Kier molecular flexibility index (Phi) is 4.51. The lowest BCUT2D eigenvalue weighted by molar-refractivity contribution is 0.0913. The molecule has 0 bridgehead atoms. The van der Waals surface area contributed by atoms with Gasteiger partial charge in [0.25, 0.3) is 0 Å². The van der Waals surface area contributed by atoms with Gasteiger partial charge in [-0.25, -0.2) is 4.39 Å². The number of aliphatic hydroxyl groups is 1. The van der Waals surface area contributed by atoms with Crippen LogP contribution in [0.3, 0.4) is 0 Å². The van der Waals surface area contributed by atoms with Crippen LogP contribution in [0.5, 0.6) is 0 Å². The van der Waals surface area contributed by atoms with E-state index in [1.807, 2.05) is 12.1 Å². The molecule has 1 aromatic carbocycles. The molecular weight excluding hydrogens is 217 g/mol. The molecule has 17 heavy (non-hydrogen) atoms. The fraction of sp³-hybridized carbons (Fsp3) is 0.571. The first kappa shape index (κ1) is 12.5. The van der Waals surface area contributed by atoms with Gasteiger partial charge < -0.3 is 5.11 Å². The van der Waals surface area contributed by atoms with Gasteiger partial charge >= 0.3 is 0 Å². The van der Waals surface area contributed by atoms with Crippen LogP contribution >= 0.6 is 0 Å². The van der Waals surface area contributed by atoms with Crippen LogP contribution in [-0.4, -0.2) is 35.7 Å². The molecule has 0 aromatic heterocycles. The van der Waals surface area contributed by atoms with Gasteiger partial charge in [-0.2, -0.15) is 0 Å². The topological polar surface area (TPSA) is 23.5 Å². The number of rotatable bonds is 4. The summed E-state index contributed by atoms with van der Waals surface area (Å²) in [4.78, 5) is 2.35. The first-order chi connectivity index (χ1) is 8.29. The van der Waals surface area contributed by atoms with E-state index in [1.165, 1.54) is 25.0 Å². The van der Waals surface area contributed by atoms with E-state index < -0.39 is 0 Å². The molecule has 1 fully saturated rings. The third kappa shape index (κ3) is 3.51. The highest BCUT2D eigenvalue weighted by molar-refractivity contribution is 5.16. The lowest BCUT2D eigenvalue weighted by atomic mass is 10.0. The summed E-state index contributed by atoms with van der Waals surface area (Å²) in [6.45, 7) is 2.28. The van der Waals surface area contributed by atoms with Gasteiger partial charge in [0.1, 0.15) is 5.82 Å². The maximum Gasteiger partial charge on any atom is 0.123 e. The molecule has 2 nitrogen and oxygen atoms in total. The molecular formula is C14H20FNO. The van der Waals surface area contributed by atoms with E-state index in [-0.39, 0.29) is 12.4 Å². The Hall–Kier alpha value is -0.930. The summed E-state index contributed by atoms with van der Waals surface area (Å²) in [5.74, 6) is -0.181. The van der Waals surface area contributed by atoms with E-state index in [9.17, 15) is 9.50 Å². The summed E-state index contributed by atoms with van der Waals surface area (Å²) in [6, 6.07) is 7.02. The number of aliphatic hydroxyl groups excluding tert-OH is 1. The molecule has 94 valence electrons. The normalized spacial score (nSPS) is 21.6. The quantitative estimate of drug-likeness (QED) is 0.868. The summed E-state index contributed by atoms with van der Waals surface area (Å²) in [5.41, 5.74) is 1.16. The average Bonchev–Trinajstić information content (AvgIpc) is 2.38. The molecule has 1 N–H and O–H groups in total. The molecule has 0 aliphatic carbocycles. The van der Waals surface area contributed by atoms with E-state index in [0.717, 1.165) is 31.5 Å². The van der Waals surface area contributed by atoms with Gasteiger partial charge in [0, 0.05) is 12.6 Å². The van der Waals surface area contributed by atoms with Crippen LogP contribution in [-0.2, 0) is 6.42 Å². The molecule has 1 atom stereocenters. The van der Waals surface area contributed by atoms with E-state index in [0.29, 0.717) is 6.04 Å². The molecule has 0 unspecified atom stereocenters. The molecule has 1 aliphatic rings. The Morgan fingerprint density at radius 3 is 2.71 bits per heavy atom. The van der Waals surface area contributed by atoms with Crippen molar-refractivity contribution in [1.82, 2.24) is 4.90 Å². The standard InChI is InChI=1S/C14H20FNO/c15-13-6-4-12(5-7-13)8-10-16-9-2-1-3-14(16)11-17/h4-7,14,17H,1-3,8-11H2/t14-/m0/s1. The van der Waals surface area contributed by atoms with Gasteiger partial charge in [-0.15, -0.1) is 0 Å². The number of hydrogen-bond donors (Lipinski definition) is 1. The Morgan fingerprint density at radius 2 is 2.00 bits per heavy atom. The van der Waals surface area contributed by atoms with Gasteiger partial charge in [-0.05, 0) is 43.5 Å². The van der Waals surface area contributed by atoms with Crippen LogP contribution in [0.25, 0.3) is 0 Å². The molecule has 0 saturated carbocycles. The van der Waals surface area contributed by atoms with Gasteiger partial charge in [0.15, 0.2) is 0 Å². The summed E-state index contributed by atoms with van der Waals surface area (Å²) in [5, 5.41) is 9.30. The summed E-state index contributed by atoms with van der Waals surface area (Å²) in [6.07, 6.45) is 4.47. The minimum atomic E-state index is -0.181. The summed E-state index contributed by atoms with van der Waals surface area (Å²) >= 11 is 0. The van der Waals surface area contributed by atoms with Crippen LogP contribution in [0.1, 0.15) is 24.8 Å². The molecule has 2 rings (SSSR count). The van der Waals surface area contributed by atoms with Crippen molar-refractivity contribution in [1.29, 1.82) is 0 Å². The van der Waals surface area contributed by atoms with Gasteiger partial charge in [-0.1, -0.05) is 18.6 Å². The van der Waals surface area contributed by atoms with Crippen molar-refractivity contribution in [2.24, 2.45) is 0 Å². The first-order valence-electron chi connectivity index (χ1n) is 6.39. The second-order valence-electron chi connectivity index (χ2n) is 4.74. The minimum Gasteiger partial charge on any atom is -0.395 e. The van der Waals surface area contributed by atoms with Gasteiger partial charge in [0.2, 0.25) is 0 Å². The molecule has 1 saturated heterocycles. The molecule has 0 spiro atoms. The van der Waals surface area contributed by atoms with Crippen LogP contribution < -0.4 is 0 Å². The van der Waals surface area contributed by atoms with Crippen molar-refractivity contribution in [3.63, 3.8) is 0 Å². The number of piperidine rings is 1. The van der Waals surface area contributed by atoms with E-state index in [4.69, 9.17) is 0 Å². The molecule has 0 amide bonds. The first-order valence-corrected chi connectivity index (χ1v) is 6.39. The van der Waals surface area contributed by atoms with Crippen molar-refractivity contribution in [3.05, 3.63) is 35.6 Å². The van der Waals surface area contributed by atoms with Crippen molar-refractivity contribution in [2.45, 2.75) is 31.7 Å². The van der Waals surface area contributed by atoms with E-state index in [2.05, 4.69) is 4.90 Å². The zero-order valence-electron chi connectivity index (χ0n) is 10.1. The van der Waals surface area contributed by atoms with Crippen LogP contribution in [0.15, 0.2) is 24.3 Å². The van der Waals surface area contributed by atoms with Gasteiger partial charge in [0.05, 0.1) is 6.61 Å². The van der Waals surface area contributed by atoms with E-state index in [1.54, 1.807) is 0 Å². The number of likely N-dealkylation sites (tertiary alicyclic amines) is 1. The predicted octanol–water partition coefficient (Wildman–Crippen LogP) is 2.21. The summed E-state index contributed by atoms with van der Waals surface area (Å²) in [7, 11) is 0. The maximum atomic E-state index is 12.8. The highest BCUT2D eigenvalue weighted by Crippen LogP contribution is 2.17. The largest absolute Gasteiger partial charge is 0.395 e. The van der Waals surface area contributed by atoms with Crippen molar-refractivity contribution < 1.29 is 9.50 Å². The van der Waals surface area contributed by atoms with Crippen LogP contribution in [0.2, 0.25) is 0 Å². The smallest absolute Gasteiger partial charge is 0.123 e. The monoisotopic (exact) mass is 237 g/mol. The number of hydrogen-bond acceptors (Lipinski definition) is 2. The van der Waals surface area contributed by atoms with Gasteiger partial charge in [-0.3, -0.25) is 4.90 Å². The van der Waals surface area contributed by atoms with Crippen LogP contribution in [0, 0.1) is 5.82 Å². The third-order valence-corrected chi connectivity index (χ3v) is 3.56. The SMILES string of the molecule is OC[C@@H]1CCCCN1CCc1ccc(F)cc1. The molecule has 3 heteroatoms. The fourth-order valence-electron chi connectivity index (χ4n) is 2.48. The maximum absolute atomic E-state index is 12.8. The molecule has 1 heterocycles. The molecule has 0 radical (unpaired) electrons. The van der Waals surface area contributed by atoms with E-state index >= 15 is 0 Å². The summed E-state index contributed by atoms with van der Waals surface area (Å²) < 4.78 is 12.8. The average molecular weight is 237 g/mol. The highest BCUT2D eigenvalue weighted by Gasteiger charge is 2.20. The lowest BCUT2D eigenvalue weighted by Gasteiger charge is -2.34.